The zero-order chi connectivity index (χ0) is 54.7. The van der Waals surface area contributed by atoms with Crippen LogP contribution in [0.5, 0.6) is 17.2 Å². The van der Waals surface area contributed by atoms with Gasteiger partial charge in [0.2, 0.25) is 23.6 Å². The summed E-state index contributed by atoms with van der Waals surface area (Å²) in [5, 5.41) is 20.3. The number of carbonyl (C=O) groups excluding carboxylic acids is 4. The number of hydrogen-bond acceptors (Lipinski definition) is 13. The van der Waals surface area contributed by atoms with Crippen molar-refractivity contribution in [1.29, 1.82) is 0 Å². The van der Waals surface area contributed by atoms with Gasteiger partial charge in [0.1, 0.15) is 34.5 Å². The van der Waals surface area contributed by atoms with E-state index in [9.17, 15) is 28.7 Å². The molecule has 0 spiro atoms. The zero-order valence-corrected chi connectivity index (χ0v) is 45.9. The summed E-state index contributed by atoms with van der Waals surface area (Å²) in [5.74, 6) is 0.908. The molecule has 3 atom stereocenters. The summed E-state index contributed by atoms with van der Waals surface area (Å²) in [6, 6.07) is 25.2. The van der Waals surface area contributed by atoms with Gasteiger partial charge in [-0.1, -0.05) is 45.0 Å². The van der Waals surface area contributed by atoms with Crippen molar-refractivity contribution < 1.29 is 38.1 Å². The molecule has 3 aliphatic heterocycles. The molecule has 410 valence electrons. The Balaban J connectivity index is 0.687. The van der Waals surface area contributed by atoms with Crippen molar-refractivity contribution in [3.63, 3.8) is 0 Å². The lowest BCUT2D eigenvalue weighted by Gasteiger charge is -2.45. The first-order valence-electron chi connectivity index (χ1n) is 27.2. The van der Waals surface area contributed by atoms with E-state index >= 15 is 0 Å². The van der Waals surface area contributed by atoms with Crippen LogP contribution in [0.3, 0.4) is 0 Å². The number of halogens is 1. The molecule has 18 heteroatoms. The number of fused-ring (bicyclic) bond motifs is 1. The van der Waals surface area contributed by atoms with Gasteiger partial charge in [-0.05, 0) is 135 Å². The monoisotopic (exact) mass is 1080 g/mol. The SMILES string of the molecule is COc1cc2c(Oc3ccc(NC(=O)C4(C(=O)Nc5ccc(F)cc5)CC4)cc3)ccnc2cc1N1CCC(CCN2CCN([C@H](C(=O)N3C[C@H](O)C[C@H]3C(=O)NCc3ccc(-c4scnc4C)cc3)C(C)(C)C)CC2)CC1. The average molecular weight is 1080 g/mol. The second kappa shape index (κ2) is 23.1. The van der Waals surface area contributed by atoms with Crippen molar-refractivity contribution in [3.8, 4) is 27.7 Å². The predicted molar refractivity (Wildman–Crippen MR) is 301 cm³/mol. The number of thiazole rings is 1. The molecule has 4 N–H and O–H groups in total. The number of nitrogens with zero attached hydrogens (tertiary/aromatic N) is 6. The number of piperidine rings is 1. The molecule has 1 saturated carbocycles. The van der Waals surface area contributed by atoms with Gasteiger partial charge in [-0.3, -0.25) is 29.1 Å². The van der Waals surface area contributed by atoms with Gasteiger partial charge in [-0.15, -0.1) is 11.3 Å². The number of carbonyl (C=O) groups is 4. The highest BCUT2D eigenvalue weighted by atomic mass is 32.1. The van der Waals surface area contributed by atoms with Crippen LogP contribution in [0.25, 0.3) is 21.3 Å². The molecule has 4 fully saturated rings. The summed E-state index contributed by atoms with van der Waals surface area (Å²) in [4.78, 5) is 73.6. The van der Waals surface area contributed by atoms with Crippen molar-refractivity contribution >= 4 is 62.9 Å². The molecule has 78 heavy (non-hydrogen) atoms. The Labute approximate surface area is 459 Å². The lowest BCUT2D eigenvalue weighted by atomic mass is 9.84. The molecule has 4 amide bonds. The van der Waals surface area contributed by atoms with Crippen molar-refractivity contribution in [2.45, 2.75) is 91.0 Å². The van der Waals surface area contributed by atoms with E-state index in [1.54, 1.807) is 53.8 Å². The average Bonchev–Trinajstić information content (AvgIpc) is 4.15. The smallest absolute Gasteiger partial charge is 0.243 e. The van der Waals surface area contributed by atoms with Crippen molar-refractivity contribution in [2.24, 2.45) is 16.7 Å². The Morgan fingerprint density at radius 3 is 2.13 bits per heavy atom. The molecule has 0 bridgehead atoms. The third-order valence-electron chi connectivity index (χ3n) is 16.0. The number of methoxy groups -OCH3 is 1. The number of piperazine rings is 1. The van der Waals surface area contributed by atoms with Crippen LogP contribution in [0.4, 0.5) is 21.5 Å². The second-order valence-electron chi connectivity index (χ2n) is 22.4. The number of hydrogen-bond donors (Lipinski definition) is 4. The number of aromatic nitrogens is 2. The number of amides is 4. The third-order valence-corrected chi connectivity index (χ3v) is 17.0. The number of likely N-dealkylation sites (tertiary alicyclic amines) is 1. The molecule has 4 aromatic carbocycles. The lowest BCUT2D eigenvalue weighted by molar-refractivity contribution is -0.147. The van der Waals surface area contributed by atoms with Gasteiger partial charge in [-0.2, -0.15) is 0 Å². The number of nitrogens with one attached hydrogen (secondary N) is 3. The van der Waals surface area contributed by atoms with Crippen LogP contribution >= 0.6 is 11.3 Å². The maximum atomic E-state index is 14.6. The zero-order valence-electron chi connectivity index (χ0n) is 45.1. The van der Waals surface area contributed by atoms with Crippen molar-refractivity contribution in [2.75, 3.05) is 75.0 Å². The molecular weight excluding hydrogens is 1010 g/mol. The maximum absolute atomic E-state index is 14.6. The lowest BCUT2D eigenvalue weighted by Crippen LogP contribution is -2.61. The van der Waals surface area contributed by atoms with Gasteiger partial charge < -0.3 is 45.2 Å². The number of β-amino-alcohol motifs (C(OH)–C–C–N with tert-alkyl or cyclic N) is 1. The van der Waals surface area contributed by atoms with Crippen LogP contribution in [-0.4, -0.2) is 131 Å². The molecule has 3 saturated heterocycles. The van der Waals surface area contributed by atoms with Crippen LogP contribution < -0.4 is 30.3 Å². The van der Waals surface area contributed by atoms with E-state index in [0.717, 1.165) is 109 Å². The number of benzene rings is 4. The van der Waals surface area contributed by atoms with E-state index in [2.05, 4.69) is 62.5 Å². The number of anilines is 3. The Morgan fingerprint density at radius 2 is 1.51 bits per heavy atom. The minimum atomic E-state index is -1.18. The number of pyridine rings is 1. The fourth-order valence-corrected chi connectivity index (χ4v) is 12.2. The first-order chi connectivity index (χ1) is 37.5. The largest absolute Gasteiger partial charge is 0.495 e. The van der Waals surface area contributed by atoms with E-state index < -0.39 is 46.6 Å². The van der Waals surface area contributed by atoms with E-state index in [1.165, 1.54) is 24.3 Å². The summed E-state index contributed by atoms with van der Waals surface area (Å²) in [6.07, 6.45) is 5.22. The molecule has 1 aliphatic carbocycles. The number of aliphatic hydroxyl groups is 1. The quantitative estimate of drug-likeness (QED) is 0.0638. The first kappa shape index (κ1) is 54.4. The molecule has 2 aromatic heterocycles. The molecule has 16 nitrogen and oxygen atoms in total. The van der Waals surface area contributed by atoms with E-state index in [0.29, 0.717) is 48.2 Å². The van der Waals surface area contributed by atoms with Gasteiger partial charge in [0.25, 0.3) is 0 Å². The van der Waals surface area contributed by atoms with Gasteiger partial charge in [0.15, 0.2) is 0 Å². The van der Waals surface area contributed by atoms with Crippen molar-refractivity contribution in [1.82, 2.24) is 30.0 Å². The Hall–Kier alpha value is -6.99. The Morgan fingerprint density at radius 1 is 0.846 bits per heavy atom. The minimum Gasteiger partial charge on any atom is -0.495 e. The fourth-order valence-electron chi connectivity index (χ4n) is 11.4. The third kappa shape index (κ3) is 12.2. The normalized spacial score (nSPS) is 19.3. The highest BCUT2D eigenvalue weighted by Gasteiger charge is 2.56. The Bertz CT molecular complexity index is 3110. The summed E-state index contributed by atoms with van der Waals surface area (Å²) < 4.78 is 25.7. The van der Waals surface area contributed by atoms with Crippen LogP contribution in [0.1, 0.15) is 70.6 Å². The van der Waals surface area contributed by atoms with Gasteiger partial charge in [0, 0.05) is 81.7 Å². The molecule has 4 aliphatic rings. The summed E-state index contributed by atoms with van der Waals surface area (Å²) in [6.45, 7) is 14.7. The highest BCUT2D eigenvalue weighted by Crippen LogP contribution is 2.48. The minimum absolute atomic E-state index is 0.0953. The molecule has 5 heterocycles. The molecule has 6 aromatic rings. The second-order valence-corrected chi connectivity index (χ2v) is 23.3. The van der Waals surface area contributed by atoms with Crippen LogP contribution in [0.15, 0.2) is 103 Å². The number of ether oxygens (including phenoxy) is 2. The number of aliphatic hydroxyl groups excluding tert-OH is 1. The van der Waals surface area contributed by atoms with Crippen LogP contribution in [0.2, 0.25) is 0 Å². The molecule has 10 rings (SSSR count). The predicted octanol–water partition coefficient (Wildman–Crippen LogP) is 8.88. The summed E-state index contributed by atoms with van der Waals surface area (Å²) in [5.41, 5.74) is 6.03. The topological polar surface area (TPSA) is 182 Å². The van der Waals surface area contributed by atoms with Crippen LogP contribution in [0, 0.1) is 29.5 Å². The fraction of sp³-hybridized carbons (Fsp3) is 0.433. The first-order valence-corrected chi connectivity index (χ1v) is 28.0. The Kier molecular flexibility index (Phi) is 16.1. The molecular formula is C60H70FN9O7S. The summed E-state index contributed by atoms with van der Waals surface area (Å²) in [7, 11) is 1.68. The van der Waals surface area contributed by atoms with E-state index in [4.69, 9.17) is 14.5 Å². The maximum Gasteiger partial charge on any atom is 0.243 e. The number of rotatable bonds is 17. The van der Waals surface area contributed by atoms with E-state index in [-0.39, 0.29) is 24.8 Å². The molecule has 0 unspecified atom stereocenters. The standard InChI is InChI=1S/C60H70FN9O7S/c1-38-53(78-37-64-38)41-8-6-40(7-9-41)35-63-55(72)50-32-45(71)36-70(50)56(73)54(59(2,3)4)69-30-28-67(29-31-69)25-19-39-20-26-68(27-21-39)49-34-48-47(33-52(49)76-5)51(18-24-62-48)77-46-16-14-44(15-17-46)66-58(75)60(22-23-60)57(74)65-43-12-10-42(61)11-13-43/h6-18,24,33-34,37,39,45,50,54,71H,19-23,25-32,35-36H2,1-5H3,(H,63,72)(H,65,74)(H,66,75)/t45-,50+,54-/m1/s1. The van der Waals surface area contributed by atoms with Crippen LogP contribution in [-0.2, 0) is 25.7 Å². The summed E-state index contributed by atoms with van der Waals surface area (Å²) >= 11 is 1.60. The number of aryl methyl sites for hydroxylation is 1. The molecule has 0 radical (unpaired) electrons. The van der Waals surface area contributed by atoms with Gasteiger partial charge in [0.05, 0.1) is 46.5 Å². The van der Waals surface area contributed by atoms with Gasteiger partial charge >= 0.3 is 0 Å². The van der Waals surface area contributed by atoms with E-state index in [1.807, 2.05) is 48.8 Å². The highest BCUT2D eigenvalue weighted by molar-refractivity contribution is 7.13. The van der Waals surface area contributed by atoms with Gasteiger partial charge in [-0.25, -0.2) is 9.37 Å². The van der Waals surface area contributed by atoms with Crippen molar-refractivity contribution in [3.05, 3.63) is 120 Å².